The van der Waals surface area contributed by atoms with Gasteiger partial charge in [-0.1, -0.05) is 60.2 Å². The number of benzene rings is 3. The van der Waals surface area contributed by atoms with Gasteiger partial charge in [0.2, 0.25) is 0 Å². The fourth-order valence-corrected chi connectivity index (χ4v) is 3.92. The molecule has 2 heterocycles. The number of aromatic nitrogens is 2. The molecule has 2 N–H and O–H groups in total. The Morgan fingerprint density at radius 3 is 2.59 bits per heavy atom. The van der Waals surface area contributed by atoms with Crippen molar-refractivity contribution in [3.63, 3.8) is 0 Å². The van der Waals surface area contributed by atoms with Crippen LogP contribution in [-0.2, 0) is 6.54 Å². The molecule has 0 spiro atoms. The molecule has 0 bridgehead atoms. The monoisotopic (exact) mass is 421 g/mol. The van der Waals surface area contributed by atoms with Crippen molar-refractivity contribution < 1.29 is 9.53 Å². The summed E-state index contributed by atoms with van der Waals surface area (Å²) in [6, 6.07) is 25.8. The zero-order valence-electron chi connectivity index (χ0n) is 18.0. The maximum atomic E-state index is 13.1. The van der Waals surface area contributed by atoms with E-state index in [0.29, 0.717) is 12.2 Å². The molecule has 5 rings (SSSR count). The van der Waals surface area contributed by atoms with Gasteiger partial charge in [0.05, 0.1) is 18.3 Å². The molecule has 32 heavy (non-hydrogen) atoms. The Balaban J connectivity index is 1.60. The minimum atomic E-state index is -0.207. The summed E-state index contributed by atoms with van der Waals surface area (Å²) in [6.45, 7) is 2.49. The van der Waals surface area contributed by atoms with Crippen LogP contribution in [0.5, 0.6) is 5.75 Å². The molecule has 0 aliphatic rings. The highest BCUT2D eigenvalue weighted by Crippen LogP contribution is 2.33. The van der Waals surface area contributed by atoms with Crippen molar-refractivity contribution in [3.8, 4) is 17.0 Å². The van der Waals surface area contributed by atoms with Crippen LogP contribution in [-0.4, -0.2) is 23.0 Å². The molecule has 0 saturated carbocycles. The highest BCUT2D eigenvalue weighted by molar-refractivity contribution is 6.13. The summed E-state index contributed by atoms with van der Waals surface area (Å²) in [5, 5.41) is 5.03. The van der Waals surface area contributed by atoms with E-state index in [9.17, 15) is 4.79 Å². The van der Waals surface area contributed by atoms with Gasteiger partial charge >= 0.3 is 0 Å². The summed E-state index contributed by atoms with van der Waals surface area (Å²) in [6.07, 6.45) is 0. The number of hydrogen-bond acceptors (Lipinski definition) is 3. The predicted octanol–water partition coefficient (Wildman–Crippen LogP) is 5.63. The Hall–Kier alpha value is -4.12. The number of pyridine rings is 1. The van der Waals surface area contributed by atoms with Crippen LogP contribution in [0.3, 0.4) is 0 Å². The number of nitrogens with one attached hydrogen (secondary N) is 2. The number of carbonyl (C=O) groups is 1. The smallest absolute Gasteiger partial charge is 0.270 e. The second-order valence-electron chi connectivity index (χ2n) is 7.85. The molecule has 5 nitrogen and oxygen atoms in total. The summed E-state index contributed by atoms with van der Waals surface area (Å²) < 4.78 is 5.40. The Labute approximate surface area is 186 Å². The highest BCUT2D eigenvalue weighted by Gasteiger charge is 2.17. The van der Waals surface area contributed by atoms with Gasteiger partial charge in [0.25, 0.3) is 5.91 Å². The van der Waals surface area contributed by atoms with E-state index in [4.69, 9.17) is 9.72 Å². The summed E-state index contributed by atoms with van der Waals surface area (Å²) >= 11 is 0. The van der Waals surface area contributed by atoms with Gasteiger partial charge in [0.15, 0.2) is 0 Å². The van der Waals surface area contributed by atoms with Crippen LogP contribution >= 0.6 is 0 Å². The predicted molar refractivity (Wildman–Crippen MR) is 128 cm³/mol. The molecule has 158 valence electrons. The maximum Gasteiger partial charge on any atom is 0.270 e. The topological polar surface area (TPSA) is 67.0 Å². The first-order valence-corrected chi connectivity index (χ1v) is 10.5. The highest BCUT2D eigenvalue weighted by atomic mass is 16.5. The van der Waals surface area contributed by atoms with E-state index in [1.165, 1.54) is 5.56 Å². The molecule has 0 atom stereocenters. The fraction of sp³-hybridized carbons (Fsp3) is 0.111. The van der Waals surface area contributed by atoms with Crippen molar-refractivity contribution in [1.29, 1.82) is 0 Å². The Kier molecular flexibility index (Phi) is 5.07. The molecule has 1 amide bonds. The Morgan fingerprint density at radius 1 is 0.969 bits per heavy atom. The van der Waals surface area contributed by atoms with Gasteiger partial charge in [-0.2, -0.15) is 0 Å². The molecule has 5 aromatic rings. The number of hydrogen-bond donors (Lipinski definition) is 2. The third-order valence-corrected chi connectivity index (χ3v) is 5.65. The van der Waals surface area contributed by atoms with Gasteiger partial charge in [0, 0.05) is 28.4 Å². The van der Waals surface area contributed by atoms with E-state index in [1.54, 1.807) is 7.11 Å². The molecule has 0 aliphatic heterocycles. The molecule has 2 aromatic heterocycles. The lowest BCUT2D eigenvalue weighted by atomic mass is 10.1. The maximum absolute atomic E-state index is 13.1. The van der Waals surface area contributed by atoms with Crippen LogP contribution in [0.25, 0.3) is 33.1 Å². The third kappa shape index (κ3) is 3.69. The average molecular weight is 422 g/mol. The average Bonchev–Trinajstić information content (AvgIpc) is 3.21. The van der Waals surface area contributed by atoms with Crippen LogP contribution < -0.4 is 10.1 Å². The first kappa shape index (κ1) is 19.8. The van der Waals surface area contributed by atoms with Crippen molar-refractivity contribution in [2.24, 2.45) is 0 Å². The van der Waals surface area contributed by atoms with Crippen molar-refractivity contribution >= 4 is 27.7 Å². The van der Waals surface area contributed by atoms with E-state index >= 15 is 0 Å². The number of nitrogens with zero attached hydrogens (tertiary/aromatic N) is 1. The second-order valence-corrected chi connectivity index (χ2v) is 7.85. The number of aryl methyl sites for hydroxylation is 1. The quantitative estimate of drug-likeness (QED) is 0.386. The molecule has 0 saturated heterocycles. The standard InChI is InChI=1S/C27H23N3O2/c1-17-10-12-18(13-11-17)16-28-27(31)24-15-22-21-8-3-4-9-23(21)29-26(22)25(30-24)19-6-5-7-20(14-19)32-2/h3-15,29H,16H2,1-2H3,(H,28,31). The lowest BCUT2D eigenvalue weighted by Gasteiger charge is -2.10. The number of methoxy groups -OCH3 is 1. The molecule has 0 aliphatic carbocycles. The number of carbonyl (C=O) groups excluding carboxylic acids is 1. The lowest BCUT2D eigenvalue weighted by Crippen LogP contribution is -2.24. The first-order valence-electron chi connectivity index (χ1n) is 10.5. The van der Waals surface area contributed by atoms with Gasteiger partial charge in [-0.3, -0.25) is 4.79 Å². The molecule has 5 heteroatoms. The molecular weight excluding hydrogens is 398 g/mol. The molecule has 3 aromatic carbocycles. The largest absolute Gasteiger partial charge is 0.497 e. The van der Waals surface area contributed by atoms with E-state index in [-0.39, 0.29) is 5.91 Å². The number of amides is 1. The van der Waals surface area contributed by atoms with Crippen LogP contribution in [0.2, 0.25) is 0 Å². The normalized spacial score (nSPS) is 11.1. The van der Waals surface area contributed by atoms with Crippen molar-refractivity contribution in [2.45, 2.75) is 13.5 Å². The fourth-order valence-electron chi connectivity index (χ4n) is 3.92. The zero-order chi connectivity index (χ0) is 22.1. The first-order chi connectivity index (χ1) is 15.6. The van der Waals surface area contributed by atoms with Crippen molar-refractivity contribution in [3.05, 3.63) is 95.7 Å². The lowest BCUT2D eigenvalue weighted by molar-refractivity contribution is 0.0946. The molecule has 0 radical (unpaired) electrons. The van der Waals surface area contributed by atoms with Gasteiger partial charge in [-0.25, -0.2) is 4.98 Å². The van der Waals surface area contributed by atoms with Crippen LogP contribution in [0.15, 0.2) is 78.9 Å². The number of H-pyrrole nitrogens is 1. The number of para-hydroxylation sites is 1. The SMILES string of the molecule is COc1cccc(-c2nc(C(=O)NCc3ccc(C)cc3)cc3c2[nH]c2ccccc23)c1. The van der Waals surface area contributed by atoms with E-state index < -0.39 is 0 Å². The van der Waals surface area contributed by atoms with E-state index in [0.717, 1.165) is 44.4 Å². The van der Waals surface area contributed by atoms with Gasteiger partial charge in [-0.15, -0.1) is 0 Å². The van der Waals surface area contributed by atoms with Crippen molar-refractivity contribution in [2.75, 3.05) is 7.11 Å². The number of aromatic amines is 1. The van der Waals surface area contributed by atoms with Gasteiger partial charge in [-0.05, 0) is 36.8 Å². The number of fused-ring (bicyclic) bond motifs is 3. The van der Waals surface area contributed by atoms with Crippen LogP contribution in [0.1, 0.15) is 21.6 Å². The summed E-state index contributed by atoms with van der Waals surface area (Å²) in [5.74, 6) is 0.532. The molecule has 0 fully saturated rings. The van der Waals surface area contributed by atoms with Crippen molar-refractivity contribution in [1.82, 2.24) is 15.3 Å². The van der Waals surface area contributed by atoms with Gasteiger partial charge < -0.3 is 15.0 Å². The number of ether oxygens (including phenoxy) is 1. The molecular formula is C27H23N3O2. The summed E-state index contributed by atoms with van der Waals surface area (Å²) in [4.78, 5) is 21.3. The third-order valence-electron chi connectivity index (χ3n) is 5.65. The zero-order valence-corrected chi connectivity index (χ0v) is 18.0. The van der Waals surface area contributed by atoms with Gasteiger partial charge in [0.1, 0.15) is 11.4 Å². The summed E-state index contributed by atoms with van der Waals surface area (Å²) in [5.41, 5.74) is 6.12. The molecule has 0 unspecified atom stereocenters. The Morgan fingerprint density at radius 2 is 1.78 bits per heavy atom. The summed E-state index contributed by atoms with van der Waals surface area (Å²) in [7, 11) is 1.64. The van der Waals surface area contributed by atoms with E-state index in [2.05, 4.69) is 16.4 Å². The second kappa shape index (κ2) is 8.19. The Bertz CT molecular complexity index is 1440. The minimum absolute atomic E-state index is 0.207. The number of rotatable bonds is 5. The van der Waals surface area contributed by atoms with Crippen LogP contribution in [0, 0.1) is 6.92 Å². The van der Waals surface area contributed by atoms with E-state index in [1.807, 2.05) is 79.7 Å². The minimum Gasteiger partial charge on any atom is -0.497 e. The van der Waals surface area contributed by atoms with Crippen LogP contribution in [0.4, 0.5) is 0 Å².